The topological polar surface area (TPSA) is 86.8 Å². The van der Waals surface area contributed by atoms with Gasteiger partial charge in [0.25, 0.3) is 0 Å². The van der Waals surface area contributed by atoms with E-state index in [-0.39, 0.29) is 29.6 Å². The number of carbonyl (C=O) groups is 2. The van der Waals surface area contributed by atoms with Crippen LogP contribution in [-0.4, -0.2) is 45.1 Å². The van der Waals surface area contributed by atoms with Crippen LogP contribution in [0.15, 0.2) is 59.5 Å². The van der Waals surface area contributed by atoms with Gasteiger partial charge in [0.05, 0.1) is 10.6 Å². The molecule has 28 heavy (non-hydrogen) atoms. The van der Waals surface area contributed by atoms with E-state index in [0.29, 0.717) is 12.0 Å². The number of benzene rings is 2. The van der Waals surface area contributed by atoms with Crippen LogP contribution in [0, 0.1) is 0 Å². The predicted molar refractivity (Wildman–Crippen MR) is 108 cm³/mol. The minimum absolute atomic E-state index is 0.119. The number of amides is 1. The van der Waals surface area contributed by atoms with Gasteiger partial charge in [0.15, 0.2) is 5.78 Å². The first-order chi connectivity index (χ1) is 13.2. The third-order valence-electron chi connectivity index (χ3n) is 4.28. The average molecular weight is 404 g/mol. The number of para-hydroxylation sites is 1. The Labute approximate surface area is 166 Å². The van der Waals surface area contributed by atoms with Gasteiger partial charge >= 0.3 is 0 Å². The zero-order valence-electron chi connectivity index (χ0n) is 16.3. The fourth-order valence-corrected chi connectivity index (χ4v) is 3.79. The number of ketones is 1. The fraction of sp³-hybridized carbons (Fsp3) is 0.300. The lowest BCUT2D eigenvalue weighted by molar-refractivity contribution is -0.121. The van der Waals surface area contributed by atoms with Gasteiger partial charge in [-0.1, -0.05) is 30.3 Å². The Hall–Kier alpha value is -2.71. The Morgan fingerprint density at radius 1 is 0.964 bits per heavy atom. The Balaban J connectivity index is 1.86. The number of Topliss-reactive ketones (excluding diaryl/α,β-unsaturated/α-hetero) is 1. The molecule has 0 unspecified atom stereocenters. The van der Waals surface area contributed by atoms with Crippen molar-refractivity contribution in [3.05, 3.63) is 60.2 Å². The third kappa shape index (κ3) is 5.64. The molecule has 0 spiro atoms. The van der Waals surface area contributed by atoms with Crippen molar-refractivity contribution in [2.75, 3.05) is 25.6 Å². The standard InChI is InChI=1S/C20H25N3O4S/c1-16(24)17-11-13-19(14-12-17)28(26,27)22(2)15-7-10-20(25)21-23(3)18-8-5-4-6-9-18/h4-6,8-9,11-14H,7,10,15H2,1-3H3,(H,21,25). The zero-order chi connectivity index (χ0) is 20.7. The molecule has 0 aliphatic carbocycles. The normalized spacial score (nSPS) is 11.3. The summed E-state index contributed by atoms with van der Waals surface area (Å²) in [6, 6.07) is 15.2. The number of carbonyl (C=O) groups excluding carboxylic acids is 2. The minimum Gasteiger partial charge on any atom is -0.295 e. The zero-order valence-corrected chi connectivity index (χ0v) is 17.1. The molecule has 0 aliphatic heterocycles. The van der Waals surface area contributed by atoms with E-state index in [0.717, 1.165) is 5.69 Å². The maximum Gasteiger partial charge on any atom is 0.242 e. The van der Waals surface area contributed by atoms with E-state index in [1.54, 1.807) is 12.1 Å². The molecule has 2 aromatic rings. The Bertz CT molecular complexity index is 912. The molecule has 0 fully saturated rings. The quantitative estimate of drug-likeness (QED) is 0.513. The largest absolute Gasteiger partial charge is 0.295 e. The maximum atomic E-state index is 12.6. The van der Waals surface area contributed by atoms with Crippen molar-refractivity contribution < 1.29 is 18.0 Å². The van der Waals surface area contributed by atoms with Crippen LogP contribution in [0.25, 0.3) is 0 Å². The summed E-state index contributed by atoms with van der Waals surface area (Å²) in [4.78, 5) is 23.5. The fourth-order valence-electron chi connectivity index (χ4n) is 2.58. The van der Waals surface area contributed by atoms with Gasteiger partial charge in [0, 0.05) is 32.6 Å². The number of hydrazine groups is 1. The van der Waals surface area contributed by atoms with Gasteiger partial charge in [0.1, 0.15) is 0 Å². The Morgan fingerprint density at radius 2 is 1.57 bits per heavy atom. The lowest BCUT2D eigenvalue weighted by Crippen LogP contribution is -2.39. The number of hydrogen-bond acceptors (Lipinski definition) is 5. The molecule has 1 amide bonds. The van der Waals surface area contributed by atoms with Crippen LogP contribution in [0.2, 0.25) is 0 Å². The molecule has 1 N–H and O–H groups in total. The summed E-state index contributed by atoms with van der Waals surface area (Å²) in [5, 5.41) is 1.62. The first-order valence-corrected chi connectivity index (χ1v) is 10.3. The second-order valence-electron chi connectivity index (χ2n) is 6.44. The summed E-state index contributed by atoms with van der Waals surface area (Å²) in [7, 11) is -0.447. The Kier molecular flexibility index (Phi) is 7.31. The van der Waals surface area contributed by atoms with E-state index >= 15 is 0 Å². The molecule has 2 rings (SSSR count). The van der Waals surface area contributed by atoms with E-state index in [2.05, 4.69) is 5.43 Å². The number of hydrogen-bond donors (Lipinski definition) is 1. The van der Waals surface area contributed by atoms with Gasteiger partial charge in [-0.3, -0.25) is 20.0 Å². The van der Waals surface area contributed by atoms with Crippen LogP contribution in [0.5, 0.6) is 0 Å². The van der Waals surface area contributed by atoms with Crippen LogP contribution in [0.3, 0.4) is 0 Å². The highest BCUT2D eigenvalue weighted by Crippen LogP contribution is 2.16. The molecule has 0 aromatic heterocycles. The van der Waals surface area contributed by atoms with Crippen molar-refractivity contribution in [3.8, 4) is 0 Å². The molecular weight excluding hydrogens is 378 g/mol. The second kappa shape index (κ2) is 9.48. The van der Waals surface area contributed by atoms with Crippen molar-refractivity contribution in [2.24, 2.45) is 0 Å². The highest BCUT2D eigenvalue weighted by molar-refractivity contribution is 7.89. The molecule has 2 aromatic carbocycles. The highest BCUT2D eigenvalue weighted by atomic mass is 32.2. The number of anilines is 1. The molecule has 150 valence electrons. The predicted octanol–water partition coefficient (Wildman–Crippen LogP) is 2.46. The van der Waals surface area contributed by atoms with Crippen molar-refractivity contribution in [3.63, 3.8) is 0 Å². The molecule has 8 heteroatoms. The molecule has 0 saturated carbocycles. The third-order valence-corrected chi connectivity index (χ3v) is 6.15. The van der Waals surface area contributed by atoms with Gasteiger partial charge < -0.3 is 0 Å². The van der Waals surface area contributed by atoms with Crippen molar-refractivity contribution in [1.29, 1.82) is 0 Å². The first-order valence-electron chi connectivity index (χ1n) is 8.87. The van der Waals surface area contributed by atoms with Crippen LogP contribution in [0.1, 0.15) is 30.1 Å². The van der Waals surface area contributed by atoms with Crippen LogP contribution >= 0.6 is 0 Å². The smallest absolute Gasteiger partial charge is 0.242 e. The molecular formula is C20H25N3O4S. The molecule has 0 saturated heterocycles. The van der Waals surface area contributed by atoms with E-state index in [4.69, 9.17) is 0 Å². The van der Waals surface area contributed by atoms with Crippen molar-refractivity contribution in [1.82, 2.24) is 9.73 Å². The molecule has 0 bridgehead atoms. The lowest BCUT2D eigenvalue weighted by atomic mass is 10.2. The SMILES string of the molecule is CC(=O)c1ccc(S(=O)(=O)N(C)CCCC(=O)NN(C)c2ccccc2)cc1. The second-order valence-corrected chi connectivity index (χ2v) is 8.49. The van der Waals surface area contributed by atoms with E-state index in [1.165, 1.54) is 42.5 Å². The van der Waals surface area contributed by atoms with Gasteiger partial charge in [-0.2, -0.15) is 0 Å². The number of nitrogens with zero attached hydrogens (tertiary/aromatic N) is 2. The van der Waals surface area contributed by atoms with Crippen LogP contribution in [0.4, 0.5) is 5.69 Å². The number of rotatable bonds is 9. The molecule has 0 atom stereocenters. The van der Waals surface area contributed by atoms with E-state index < -0.39 is 10.0 Å². The van der Waals surface area contributed by atoms with Gasteiger partial charge in [-0.15, -0.1) is 0 Å². The molecule has 0 aliphatic rings. The summed E-state index contributed by atoms with van der Waals surface area (Å²) in [6.45, 7) is 1.63. The van der Waals surface area contributed by atoms with E-state index in [9.17, 15) is 18.0 Å². The van der Waals surface area contributed by atoms with Gasteiger partial charge in [-0.25, -0.2) is 12.7 Å². The summed E-state index contributed by atoms with van der Waals surface area (Å²) in [5.74, 6) is -0.313. The monoisotopic (exact) mass is 403 g/mol. The summed E-state index contributed by atoms with van der Waals surface area (Å²) in [5.41, 5.74) is 4.06. The molecule has 0 heterocycles. The summed E-state index contributed by atoms with van der Waals surface area (Å²) < 4.78 is 26.4. The van der Waals surface area contributed by atoms with Crippen LogP contribution in [-0.2, 0) is 14.8 Å². The summed E-state index contributed by atoms with van der Waals surface area (Å²) >= 11 is 0. The molecule has 0 radical (unpaired) electrons. The molecule has 7 nitrogen and oxygen atoms in total. The van der Waals surface area contributed by atoms with E-state index in [1.807, 2.05) is 30.3 Å². The van der Waals surface area contributed by atoms with Crippen molar-refractivity contribution in [2.45, 2.75) is 24.7 Å². The Morgan fingerprint density at radius 3 is 2.14 bits per heavy atom. The summed E-state index contributed by atoms with van der Waals surface area (Å²) in [6.07, 6.45) is 0.579. The lowest BCUT2D eigenvalue weighted by Gasteiger charge is -2.21. The minimum atomic E-state index is -3.67. The average Bonchev–Trinajstić information content (AvgIpc) is 2.68. The maximum absolute atomic E-state index is 12.6. The van der Waals surface area contributed by atoms with Crippen LogP contribution < -0.4 is 10.4 Å². The van der Waals surface area contributed by atoms with Gasteiger partial charge in [-0.05, 0) is 37.6 Å². The first kappa shape index (κ1) is 21.6. The number of nitrogens with one attached hydrogen (secondary N) is 1. The van der Waals surface area contributed by atoms with Crippen molar-refractivity contribution >= 4 is 27.4 Å². The van der Waals surface area contributed by atoms with Gasteiger partial charge in [0.2, 0.25) is 15.9 Å². The number of sulfonamides is 1. The highest BCUT2D eigenvalue weighted by Gasteiger charge is 2.21.